The fourth-order valence-corrected chi connectivity index (χ4v) is 4.77. The third kappa shape index (κ3) is 5.30. The van der Waals surface area contributed by atoms with Gasteiger partial charge in [-0.05, 0) is 37.5 Å². The zero-order chi connectivity index (χ0) is 23.2. The number of carbonyl (C=O) groups is 1. The van der Waals surface area contributed by atoms with Gasteiger partial charge in [0.1, 0.15) is 11.6 Å². The first-order chi connectivity index (χ1) is 16.1. The summed E-state index contributed by atoms with van der Waals surface area (Å²) < 4.78 is 21.5. The lowest BCUT2D eigenvalue weighted by Crippen LogP contribution is -2.32. The number of anilines is 1. The molecule has 1 aliphatic rings. The van der Waals surface area contributed by atoms with Crippen molar-refractivity contribution in [1.29, 1.82) is 0 Å². The Labute approximate surface area is 197 Å². The Kier molecular flexibility index (Phi) is 7.49. The number of piperidine rings is 1. The molecule has 1 aromatic heterocycles. The quantitative estimate of drug-likeness (QED) is 0.462. The molecular formula is C24H28FN5O2S. The van der Waals surface area contributed by atoms with E-state index in [1.165, 1.54) is 29.1 Å². The van der Waals surface area contributed by atoms with E-state index in [1.54, 1.807) is 32.4 Å². The molecule has 0 radical (unpaired) electrons. The van der Waals surface area contributed by atoms with E-state index in [0.717, 1.165) is 37.6 Å². The highest BCUT2D eigenvalue weighted by atomic mass is 32.2. The lowest BCUT2D eigenvalue weighted by Gasteiger charge is -2.28. The zero-order valence-electron chi connectivity index (χ0n) is 18.9. The Morgan fingerprint density at radius 1 is 1.09 bits per heavy atom. The van der Waals surface area contributed by atoms with Gasteiger partial charge in [0.2, 0.25) is 11.9 Å². The predicted octanol–water partition coefficient (Wildman–Crippen LogP) is 4.16. The second-order valence-electron chi connectivity index (χ2n) is 7.97. The monoisotopic (exact) mass is 469 g/mol. The van der Waals surface area contributed by atoms with Crippen molar-refractivity contribution in [3.8, 4) is 11.4 Å². The molecule has 0 unspecified atom stereocenters. The molecule has 0 saturated carbocycles. The van der Waals surface area contributed by atoms with Gasteiger partial charge in [-0.1, -0.05) is 42.1 Å². The Hall–Kier alpha value is -3.07. The van der Waals surface area contributed by atoms with Crippen LogP contribution >= 0.6 is 11.8 Å². The smallest absolute Gasteiger partial charge is 0.233 e. The van der Waals surface area contributed by atoms with Crippen LogP contribution in [0.4, 0.5) is 10.3 Å². The van der Waals surface area contributed by atoms with Crippen LogP contribution in [0.5, 0.6) is 5.75 Å². The van der Waals surface area contributed by atoms with Crippen molar-refractivity contribution in [3.63, 3.8) is 0 Å². The van der Waals surface area contributed by atoms with Gasteiger partial charge in [0.25, 0.3) is 0 Å². The average molecular weight is 470 g/mol. The minimum Gasteiger partial charge on any atom is -0.495 e. The highest BCUT2D eigenvalue weighted by Crippen LogP contribution is 2.32. The van der Waals surface area contributed by atoms with Gasteiger partial charge < -0.3 is 14.5 Å². The first-order valence-electron chi connectivity index (χ1n) is 11.0. The molecule has 0 bridgehead atoms. The maximum absolute atomic E-state index is 14.0. The van der Waals surface area contributed by atoms with E-state index in [9.17, 15) is 9.18 Å². The summed E-state index contributed by atoms with van der Waals surface area (Å²) in [6.45, 7) is 2.05. The van der Waals surface area contributed by atoms with Gasteiger partial charge in [-0.25, -0.2) is 4.39 Å². The number of halogens is 1. The molecule has 1 fully saturated rings. The molecule has 1 amide bonds. The largest absolute Gasteiger partial charge is 0.495 e. The molecule has 2 heterocycles. The molecule has 0 aliphatic carbocycles. The van der Waals surface area contributed by atoms with E-state index in [-0.39, 0.29) is 24.0 Å². The van der Waals surface area contributed by atoms with Crippen LogP contribution < -0.4 is 9.64 Å². The van der Waals surface area contributed by atoms with Crippen molar-refractivity contribution in [2.45, 2.75) is 31.0 Å². The minimum absolute atomic E-state index is 0.114. The fourth-order valence-electron chi connectivity index (χ4n) is 3.89. The molecule has 1 saturated heterocycles. The molecular weight excluding hydrogens is 441 g/mol. The Morgan fingerprint density at radius 3 is 2.58 bits per heavy atom. The summed E-state index contributed by atoms with van der Waals surface area (Å²) >= 11 is 1.32. The van der Waals surface area contributed by atoms with Crippen molar-refractivity contribution in [2.24, 2.45) is 0 Å². The van der Waals surface area contributed by atoms with Crippen LogP contribution in [0, 0.1) is 5.82 Å². The Morgan fingerprint density at radius 2 is 1.82 bits per heavy atom. The number of aromatic nitrogens is 3. The number of thioether (sulfide) groups is 1. The summed E-state index contributed by atoms with van der Waals surface area (Å²) in [6.07, 6.45) is 3.44. The molecule has 33 heavy (non-hydrogen) atoms. The topological polar surface area (TPSA) is 63.5 Å². The number of amides is 1. The number of ether oxygens (including phenoxy) is 1. The normalized spacial score (nSPS) is 13.7. The van der Waals surface area contributed by atoms with Crippen molar-refractivity contribution < 1.29 is 13.9 Å². The van der Waals surface area contributed by atoms with E-state index in [2.05, 4.69) is 15.1 Å². The van der Waals surface area contributed by atoms with Gasteiger partial charge in [-0.15, -0.1) is 10.2 Å². The van der Waals surface area contributed by atoms with Crippen molar-refractivity contribution in [1.82, 2.24) is 19.7 Å². The first kappa shape index (κ1) is 23.1. The summed E-state index contributed by atoms with van der Waals surface area (Å²) in [5.41, 5.74) is 1.32. The van der Waals surface area contributed by atoms with E-state index >= 15 is 0 Å². The van der Waals surface area contributed by atoms with E-state index in [4.69, 9.17) is 4.74 Å². The van der Waals surface area contributed by atoms with Crippen LogP contribution in [-0.4, -0.2) is 58.6 Å². The van der Waals surface area contributed by atoms with Crippen LogP contribution in [0.1, 0.15) is 24.8 Å². The van der Waals surface area contributed by atoms with Gasteiger partial charge in [0, 0.05) is 32.2 Å². The number of carbonyl (C=O) groups excluding carboxylic acids is 1. The number of hydrogen-bond acceptors (Lipinski definition) is 6. The van der Waals surface area contributed by atoms with Gasteiger partial charge in [0.15, 0.2) is 5.16 Å². The lowest BCUT2D eigenvalue weighted by molar-refractivity contribution is -0.127. The molecule has 1 aliphatic heterocycles. The maximum atomic E-state index is 14.0. The number of methoxy groups -OCH3 is 1. The van der Waals surface area contributed by atoms with Gasteiger partial charge in [-0.2, -0.15) is 0 Å². The van der Waals surface area contributed by atoms with Crippen LogP contribution in [0.25, 0.3) is 5.69 Å². The van der Waals surface area contributed by atoms with Crippen molar-refractivity contribution in [3.05, 3.63) is 59.9 Å². The summed E-state index contributed by atoms with van der Waals surface area (Å²) in [5, 5.41) is 9.52. The van der Waals surface area contributed by atoms with Gasteiger partial charge in [-0.3, -0.25) is 9.36 Å². The SMILES string of the molecule is COc1ccccc1-n1c(SCC(=O)N(C)Cc2ccccc2F)nnc1N1CCCCC1. The summed E-state index contributed by atoms with van der Waals surface area (Å²) in [5.74, 6) is 1.21. The van der Waals surface area contributed by atoms with E-state index < -0.39 is 0 Å². The standard InChI is InChI=1S/C24H28FN5O2S/c1-28(16-18-10-4-5-11-19(18)25)22(31)17-33-24-27-26-23(29-14-8-3-9-15-29)30(24)20-12-6-7-13-21(20)32-2/h4-7,10-13H,3,8-9,14-17H2,1-2H3. The van der Waals surface area contributed by atoms with Crippen LogP contribution in [0.2, 0.25) is 0 Å². The number of nitrogens with zero attached hydrogens (tertiary/aromatic N) is 5. The van der Waals surface area contributed by atoms with E-state index in [1.807, 2.05) is 28.8 Å². The molecule has 0 atom stereocenters. The van der Waals surface area contributed by atoms with Crippen molar-refractivity contribution >= 4 is 23.6 Å². The number of rotatable bonds is 8. The Bertz CT molecular complexity index is 1100. The van der Waals surface area contributed by atoms with Crippen molar-refractivity contribution in [2.75, 3.05) is 37.9 Å². The molecule has 7 nitrogen and oxygen atoms in total. The van der Waals surface area contributed by atoms with Gasteiger partial charge in [0.05, 0.1) is 18.6 Å². The first-order valence-corrected chi connectivity index (χ1v) is 12.0. The third-order valence-corrected chi connectivity index (χ3v) is 6.61. The fraction of sp³-hybridized carbons (Fsp3) is 0.375. The summed E-state index contributed by atoms with van der Waals surface area (Å²) in [4.78, 5) is 16.6. The average Bonchev–Trinajstić information content (AvgIpc) is 3.28. The van der Waals surface area contributed by atoms with Crippen LogP contribution in [-0.2, 0) is 11.3 Å². The minimum atomic E-state index is -0.313. The number of hydrogen-bond donors (Lipinski definition) is 0. The summed E-state index contributed by atoms with van der Waals surface area (Å²) in [6, 6.07) is 14.2. The third-order valence-electron chi connectivity index (χ3n) is 5.70. The number of para-hydroxylation sites is 2. The molecule has 9 heteroatoms. The highest BCUT2D eigenvalue weighted by molar-refractivity contribution is 7.99. The van der Waals surface area contributed by atoms with Gasteiger partial charge >= 0.3 is 0 Å². The summed E-state index contributed by atoms with van der Waals surface area (Å²) in [7, 11) is 3.32. The molecule has 0 N–H and O–H groups in total. The molecule has 174 valence electrons. The number of benzene rings is 2. The maximum Gasteiger partial charge on any atom is 0.233 e. The lowest BCUT2D eigenvalue weighted by atomic mass is 10.1. The second kappa shape index (κ2) is 10.7. The molecule has 2 aromatic carbocycles. The van der Waals surface area contributed by atoms with E-state index in [0.29, 0.717) is 16.5 Å². The zero-order valence-corrected chi connectivity index (χ0v) is 19.7. The second-order valence-corrected chi connectivity index (χ2v) is 8.91. The van der Waals surface area contributed by atoms with Crippen LogP contribution in [0.3, 0.4) is 0 Å². The Balaban J connectivity index is 1.55. The molecule has 4 rings (SSSR count). The van der Waals surface area contributed by atoms with Crippen LogP contribution in [0.15, 0.2) is 53.7 Å². The highest BCUT2D eigenvalue weighted by Gasteiger charge is 2.24. The molecule has 3 aromatic rings. The molecule has 0 spiro atoms. The predicted molar refractivity (Wildman–Crippen MR) is 128 cm³/mol.